The first-order chi connectivity index (χ1) is 17.5. The number of amides is 2. The van der Waals surface area contributed by atoms with Crippen molar-refractivity contribution in [3.63, 3.8) is 0 Å². The van der Waals surface area contributed by atoms with Crippen molar-refractivity contribution in [3.8, 4) is 0 Å². The number of rotatable bonds is 8. The molecule has 3 aromatic rings. The lowest BCUT2D eigenvalue weighted by Crippen LogP contribution is -2.41. The van der Waals surface area contributed by atoms with Gasteiger partial charge in [-0.3, -0.25) is 24.1 Å². The maximum atomic E-state index is 12.9. The Morgan fingerprint density at radius 1 is 0.833 bits per heavy atom. The fraction of sp³-hybridized carbons (Fsp3) is 0.333. The zero-order chi connectivity index (χ0) is 25.1. The second-order valence-electron chi connectivity index (χ2n) is 9.62. The van der Waals surface area contributed by atoms with Gasteiger partial charge in [0.1, 0.15) is 0 Å². The van der Waals surface area contributed by atoms with Gasteiger partial charge in [-0.15, -0.1) is 0 Å². The second kappa shape index (κ2) is 10.4. The molecule has 2 aliphatic rings. The number of imide groups is 1. The quantitative estimate of drug-likeness (QED) is 0.234. The van der Waals surface area contributed by atoms with Crippen LogP contribution in [0.2, 0.25) is 0 Å². The van der Waals surface area contributed by atoms with Crippen molar-refractivity contribution in [2.75, 3.05) is 13.2 Å². The van der Waals surface area contributed by atoms with E-state index in [0.29, 0.717) is 28.0 Å². The maximum absolute atomic E-state index is 12.9. The van der Waals surface area contributed by atoms with Crippen LogP contribution in [0.5, 0.6) is 0 Å². The summed E-state index contributed by atoms with van der Waals surface area (Å²) in [6, 6.07) is 18.4. The number of esters is 1. The van der Waals surface area contributed by atoms with Crippen LogP contribution >= 0.6 is 0 Å². The Morgan fingerprint density at radius 2 is 1.47 bits per heavy atom. The Hall–Kier alpha value is -3.80. The Bertz CT molecular complexity index is 1270. The number of nitrogens with zero attached hydrogens (tertiary/aromatic N) is 1. The lowest BCUT2D eigenvalue weighted by molar-refractivity contribution is -0.142. The standard InChI is InChI=1S/C30H29NO5/c32-26(22-16-14-21(15-17-22)20-7-2-1-3-8-20)19-36-27(33)13-6-18-31-29(34)24-11-4-9-23-10-5-12-25(28(23)24)30(31)35/h4-5,9-12,14-17,20H,1-3,6-8,13,18-19H2. The molecule has 0 unspecified atom stereocenters. The summed E-state index contributed by atoms with van der Waals surface area (Å²) < 4.78 is 5.17. The van der Waals surface area contributed by atoms with Gasteiger partial charge in [-0.05, 0) is 48.3 Å². The molecule has 1 aliphatic heterocycles. The fourth-order valence-corrected chi connectivity index (χ4v) is 5.34. The number of carbonyl (C=O) groups is 4. The molecule has 6 heteroatoms. The summed E-state index contributed by atoms with van der Waals surface area (Å²) in [5.41, 5.74) is 2.78. The van der Waals surface area contributed by atoms with Gasteiger partial charge in [0.25, 0.3) is 11.8 Å². The molecule has 0 bridgehead atoms. The van der Waals surface area contributed by atoms with Crippen LogP contribution in [0, 0.1) is 0 Å². The van der Waals surface area contributed by atoms with Gasteiger partial charge in [-0.2, -0.15) is 0 Å². The van der Waals surface area contributed by atoms with Crippen molar-refractivity contribution in [1.82, 2.24) is 4.90 Å². The number of hydrogen-bond donors (Lipinski definition) is 0. The van der Waals surface area contributed by atoms with Crippen molar-refractivity contribution < 1.29 is 23.9 Å². The number of Topliss-reactive ketones (excluding diaryl/α,β-unsaturated/α-hetero) is 1. The van der Waals surface area contributed by atoms with Crippen molar-refractivity contribution in [3.05, 3.63) is 82.9 Å². The highest BCUT2D eigenvalue weighted by Crippen LogP contribution is 2.33. The number of carbonyl (C=O) groups excluding carboxylic acids is 4. The van der Waals surface area contributed by atoms with E-state index in [-0.39, 0.29) is 43.6 Å². The fourth-order valence-electron chi connectivity index (χ4n) is 5.34. The Balaban J connectivity index is 1.11. The molecule has 0 N–H and O–H groups in total. The third-order valence-corrected chi connectivity index (χ3v) is 7.29. The molecule has 3 aromatic carbocycles. The van der Waals surface area contributed by atoms with E-state index in [2.05, 4.69) is 0 Å². The molecular weight excluding hydrogens is 454 g/mol. The van der Waals surface area contributed by atoms with Crippen molar-refractivity contribution in [2.45, 2.75) is 50.9 Å². The minimum absolute atomic E-state index is 0.0107. The Labute approximate surface area is 210 Å². The van der Waals surface area contributed by atoms with Gasteiger partial charge in [0.05, 0.1) is 0 Å². The van der Waals surface area contributed by atoms with E-state index in [9.17, 15) is 19.2 Å². The minimum Gasteiger partial charge on any atom is -0.457 e. The summed E-state index contributed by atoms with van der Waals surface area (Å²) >= 11 is 0. The highest BCUT2D eigenvalue weighted by molar-refractivity contribution is 6.25. The van der Waals surface area contributed by atoms with Crippen LogP contribution in [0.25, 0.3) is 10.8 Å². The summed E-state index contributed by atoms with van der Waals surface area (Å²) in [5.74, 6) is -0.916. The second-order valence-corrected chi connectivity index (χ2v) is 9.62. The van der Waals surface area contributed by atoms with E-state index < -0.39 is 5.97 Å². The van der Waals surface area contributed by atoms with Crippen LogP contribution < -0.4 is 0 Å². The molecular formula is C30H29NO5. The van der Waals surface area contributed by atoms with Gasteiger partial charge in [0, 0.05) is 35.0 Å². The van der Waals surface area contributed by atoms with Gasteiger partial charge in [-0.1, -0.05) is 67.8 Å². The monoisotopic (exact) mass is 483 g/mol. The summed E-state index contributed by atoms with van der Waals surface area (Å²) in [6.45, 7) is -0.216. The van der Waals surface area contributed by atoms with Gasteiger partial charge < -0.3 is 4.74 Å². The maximum Gasteiger partial charge on any atom is 0.306 e. The van der Waals surface area contributed by atoms with E-state index in [1.165, 1.54) is 42.6 Å². The van der Waals surface area contributed by atoms with Gasteiger partial charge >= 0.3 is 5.97 Å². The lowest BCUT2D eigenvalue weighted by Gasteiger charge is -2.27. The van der Waals surface area contributed by atoms with E-state index >= 15 is 0 Å². The average Bonchev–Trinajstić information content (AvgIpc) is 2.92. The molecule has 2 amide bonds. The molecule has 0 saturated heterocycles. The molecule has 5 rings (SSSR count). The van der Waals surface area contributed by atoms with Crippen LogP contribution in [0.3, 0.4) is 0 Å². The van der Waals surface area contributed by atoms with Crippen LogP contribution in [0.1, 0.15) is 87.5 Å². The highest BCUT2D eigenvalue weighted by atomic mass is 16.5. The molecule has 36 heavy (non-hydrogen) atoms. The predicted octanol–water partition coefficient (Wildman–Crippen LogP) is 5.69. The van der Waals surface area contributed by atoms with Crippen molar-refractivity contribution in [2.24, 2.45) is 0 Å². The summed E-state index contributed by atoms with van der Waals surface area (Å²) in [6.07, 6.45) is 6.47. The zero-order valence-corrected chi connectivity index (χ0v) is 20.2. The Kier molecular flexibility index (Phi) is 6.94. The zero-order valence-electron chi connectivity index (χ0n) is 20.2. The molecule has 184 valence electrons. The molecule has 6 nitrogen and oxygen atoms in total. The SMILES string of the molecule is O=C(CCCN1C(=O)c2cccc3cccc(c23)C1=O)OCC(=O)c1ccc(C2CCCCC2)cc1. The van der Waals surface area contributed by atoms with Gasteiger partial charge in [0.2, 0.25) is 0 Å². The van der Waals surface area contributed by atoms with Crippen LogP contribution in [0.15, 0.2) is 60.7 Å². The van der Waals surface area contributed by atoms with E-state index in [1.54, 1.807) is 24.3 Å². The molecule has 1 heterocycles. The molecule has 0 radical (unpaired) electrons. The van der Waals surface area contributed by atoms with Gasteiger partial charge in [0.15, 0.2) is 12.4 Å². The van der Waals surface area contributed by atoms with Gasteiger partial charge in [-0.25, -0.2) is 0 Å². The first kappa shape index (κ1) is 23.9. The van der Waals surface area contributed by atoms with E-state index in [0.717, 1.165) is 5.39 Å². The third-order valence-electron chi connectivity index (χ3n) is 7.29. The number of benzene rings is 3. The molecule has 1 fully saturated rings. The highest BCUT2D eigenvalue weighted by Gasteiger charge is 2.32. The van der Waals surface area contributed by atoms with Crippen molar-refractivity contribution in [1.29, 1.82) is 0 Å². The van der Waals surface area contributed by atoms with Crippen molar-refractivity contribution >= 4 is 34.3 Å². The van der Waals surface area contributed by atoms with E-state index in [4.69, 9.17) is 4.74 Å². The number of ketones is 1. The number of hydrogen-bond acceptors (Lipinski definition) is 5. The first-order valence-corrected chi connectivity index (χ1v) is 12.7. The topological polar surface area (TPSA) is 80.8 Å². The molecule has 1 aliphatic carbocycles. The predicted molar refractivity (Wildman–Crippen MR) is 136 cm³/mol. The Morgan fingerprint density at radius 3 is 2.11 bits per heavy atom. The summed E-state index contributed by atoms with van der Waals surface area (Å²) in [7, 11) is 0. The minimum atomic E-state index is -0.526. The van der Waals surface area contributed by atoms with E-state index in [1.807, 2.05) is 36.4 Å². The molecule has 0 atom stereocenters. The third kappa shape index (κ3) is 4.81. The lowest BCUT2D eigenvalue weighted by atomic mass is 9.84. The molecule has 0 aromatic heterocycles. The summed E-state index contributed by atoms with van der Waals surface area (Å²) in [4.78, 5) is 51.8. The summed E-state index contributed by atoms with van der Waals surface area (Å²) in [5, 5.41) is 1.53. The molecule has 0 spiro atoms. The molecule has 1 saturated carbocycles. The number of ether oxygens (including phenoxy) is 1. The first-order valence-electron chi connectivity index (χ1n) is 12.7. The smallest absolute Gasteiger partial charge is 0.306 e. The van der Waals surface area contributed by atoms with Crippen LogP contribution in [-0.2, 0) is 9.53 Å². The van der Waals surface area contributed by atoms with Crippen LogP contribution in [-0.4, -0.2) is 41.6 Å². The largest absolute Gasteiger partial charge is 0.457 e. The average molecular weight is 484 g/mol. The van der Waals surface area contributed by atoms with Crippen LogP contribution in [0.4, 0.5) is 0 Å². The normalized spacial score (nSPS) is 15.8.